The number of halogens is 1. The second-order valence-corrected chi connectivity index (χ2v) is 4.67. The fourth-order valence-electron chi connectivity index (χ4n) is 0.807. The number of alkyl halides is 1. The van der Waals surface area contributed by atoms with Crippen LogP contribution in [0.4, 0.5) is 0 Å². The van der Waals surface area contributed by atoms with E-state index in [9.17, 15) is 0 Å². The molecule has 0 fully saturated rings. The van der Waals surface area contributed by atoms with Gasteiger partial charge in [-0.15, -0.1) is 0 Å². The van der Waals surface area contributed by atoms with Crippen molar-refractivity contribution in [3.8, 4) is 0 Å². The lowest BCUT2D eigenvalue weighted by atomic mass is 10.1. The first-order valence-corrected chi connectivity index (χ1v) is 4.68. The number of rotatable bonds is 4. The molecule has 0 bridgehead atoms. The van der Waals surface area contributed by atoms with Gasteiger partial charge in [0.2, 0.25) is 0 Å². The minimum atomic E-state index is 0.705. The number of hydrogen-bond acceptors (Lipinski definition) is 0. The minimum Gasteiger partial charge on any atom is -0.0894 e. The monoisotopic (exact) mass is 192 g/mol. The second kappa shape index (κ2) is 5.28. The summed E-state index contributed by atoms with van der Waals surface area (Å²) in [4.78, 5) is 0.705. The highest BCUT2D eigenvalue weighted by atomic mass is 79.9. The molecule has 0 aliphatic carbocycles. The Kier molecular flexibility index (Phi) is 5.56. The van der Waals surface area contributed by atoms with Crippen molar-refractivity contribution >= 4 is 15.9 Å². The molecule has 0 aliphatic rings. The maximum Gasteiger partial charge on any atom is 0.0117 e. The molecule has 0 nitrogen and oxygen atoms in total. The maximum atomic E-state index is 3.52. The Labute approximate surface area is 67.2 Å². The molecule has 0 saturated carbocycles. The molecule has 0 spiro atoms. The van der Waals surface area contributed by atoms with Crippen molar-refractivity contribution in [1.82, 2.24) is 0 Å². The van der Waals surface area contributed by atoms with E-state index in [-0.39, 0.29) is 0 Å². The first-order chi connectivity index (χ1) is 4.13. The van der Waals surface area contributed by atoms with Gasteiger partial charge in [-0.2, -0.15) is 0 Å². The van der Waals surface area contributed by atoms with Gasteiger partial charge >= 0.3 is 0 Å². The van der Waals surface area contributed by atoms with E-state index in [2.05, 4.69) is 36.7 Å². The van der Waals surface area contributed by atoms with Gasteiger partial charge in [-0.05, 0) is 12.3 Å². The summed E-state index contributed by atoms with van der Waals surface area (Å²) in [5, 5.41) is 0. The van der Waals surface area contributed by atoms with Crippen molar-refractivity contribution in [1.29, 1.82) is 0 Å². The first-order valence-electron chi connectivity index (χ1n) is 3.77. The summed E-state index contributed by atoms with van der Waals surface area (Å²) in [6.07, 6.45) is 4.05. The van der Waals surface area contributed by atoms with Crippen LogP contribution < -0.4 is 0 Å². The fourth-order valence-corrected chi connectivity index (χ4v) is 1.13. The molecule has 56 valence electrons. The standard InChI is InChI=1S/C8H17Br/c1-7(2)5-4-6-8(3)9/h7-8H,4-6H2,1-3H3. The molecule has 0 aromatic heterocycles. The third-order valence-corrected chi connectivity index (χ3v) is 1.84. The van der Waals surface area contributed by atoms with Crippen LogP contribution in [0, 0.1) is 5.92 Å². The summed E-state index contributed by atoms with van der Waals surface area (Å²) in [7, 11) is 0. The normalized spacial score (nSPS) is 14.3. The lowest BCUT2D eigenvalue weighted by molar-refractivity contribution is 0.539. The topological polar surface area (TPSA) is 0 Å². The van der Waals surface area contributed by atoms with Crippen LogP contribution in [0.3, 0.4) is 0 Å². The third-order valence-electron chi connectivity index (χ3n) is 1.38. The van der Waals surface area contributed by atoms with E-state index in [1.54, 1.807) is 0 Å². The molecule has 1 heteroatoms. The Bertz CT molecular complexity index is 49.6. The average Bonchev–Trinajstić information content (AvgIpc) is 1.63. The van der Waals surface area contributed by atoms with Crippen LogP contribution in [-0.4, -0.2) is 4.83 Å². The van der Waals surface area contributed by atoms with E-state index in [1.807, 2.05) is 0 Å². The Morgan fingerprint density at radius 3 is 2.00 bits per heavy atom. The summed E-state index contributed by atoms with van der Waals surface area (Å²) in [5.74, 6) is 0.872. The van der Waals surface area contributed by atoms with Crippen molar-refractivity contribution in [2.24, 2.45) is 5.92 Å². The zero-order valence-electron chi connectivity index (χ0n) is 6.65. The first kappa shape index (κ1) is 9.48. The summed E-state index contributed by atoms with van der Waals surface area (Å²) in [5.41, 5.74) is 0. The van der Waals surface area contributed by atoms with Crippen molar-refractivity contribution in [2.45, 2.75) is 44.9 Å². The maximum absolute atomic E-state index is 3.52. The van der Waals surface area contributed by atoms with Crippen molar-refractivity contribution in [2.75, 3.05) is 0 Å². The molecule has 0 amide bonds. The summed E-state index contributed by atoms with van der Waals surface area (Å²) in [6.45, 7) is 6.76. The smallest absolute Gasteiger partial charge is 0.0117 e. The molecular formula is C8H17Br. The van der Waals surface area contributed by atoms with Crippen molar-refractivity contribution in [3.63, 3.8) is 0 Å². The summed E-state index contributed by atoms with van der Waals surface area (Å²) < 4.78 is 0. The van der Waals surface area contributed by atoms with E-state index < -0.39 is 0 Å². The minimum absolute atomic E-state index is 0.705. The van der Waals surface area contributed by atoms with Gasteiger partial charge in [0.15, 0.2) is 0 Å². The van der Waals surface area contributed by atoms with Crippen LogP contribution in [0.1, 0.15) is 40.0 Å². The predicted octanol–water partition coefficient (Wildman–Crippen LogP) is 3.60. The number of hydrogen-bond donors (Lipinski definition) is 0. The van der Waals surface area contributed by atoms with Crippen molar-refractivity contribution < 1.29 is 0 Å². The van der Waals surface area contributed by atoms with Crippen LogP contribution in [-0.2, 0) is 0 Å². The highest BCUT2D eigenvalue weighted by Gasteiger charge is 1.96. The lowest BCUT2D eigenvalue weighted by Gasteiger charge is -2.04. The average molecular weight is 193 g/mol. The lowest BCUT2D eigenvalue weighted by Crippen LogP contribution is -1.92. The molecule has 0 radical (unpaired) electrons. The van der Waals surface area contributed by atoms with Crippen LogP contribution in [0.2, 0.25) is 0 Å². The SMILES string of the molecule is CC(C)CCCC(C)Br. The van der Waals surface area contributed by atoms with Gasteiger partial charge in [-0.25, -0.2) is 0 Å². The van der Waals surface area contributed by atoms with Crippen LogP contribution in [0.15, 0.2) is 0 Å². The summed E-state index contributed by atoms with van der Waals surface area (Å²) >= 11 is 3.52. The molecule has 0 aromatic carbocycles. The molecule has 0 aliphatic heterocycles. The highest BCUT2D eigenvalue weighted by molar-refractivity contribution is 9.09. The van der Waals surface area contributed by atoms with Crippen molar-refractivity contribution in [3.05, 3.63) is 0 Å². The zero-order valence-corrected chi connectivity index (χ0v) is 8.24. The van der Waals surface area contributed by atoms with Gasteiger partial charge in [0.25, 0.3) is 0 Å². The molecule has 0 heterocycles. The summed E-state index contributed by atoms with van der Waals surface area (Å²) in [6, 6.07) is 0. The van der Waals surface area contributed by atoms with E-state index in [4.69, 9.17) is 0 Å². The zero-order chi connectivity index (χ0) is 7.28. The van der Waals surface area contributed by atoms with Gasteiger partial charge < -0.3 is 0 Å². The second-order valence-electron chi connectivity index (χ2n) is 3.11. The Balaban J connectivity index is 2.91. The van der Waals surface area contributed by atoms with Gasteiger partial charge in [0.05, 0.1) is 0 Å². The Hall–Kier alpha value is 0.480. The molecular weight excluding hydrogens is 176 g/mol. The van der Waals surface area contributed by atoms with Crippen LogP contribution >= 0.6 is 15.9 Å². The Morgan fingerprint density at radius 1 is 1.11 bits per heavy atom. The highest BCUT2D eigenvalue weighted by Crippen LogP contribution is 2.12. The molecule has 0 saturated heterocycles. The van der Waals surface area contributed by atoms with Gasteiger partial charge in [0, 0.05) is 4.83 Å². The molecule has 0 N–H and O–H groups in total. The van der Waals surface area contributed by atoms with Crippen LogP contribution in [0.25, 0.3) is 0 Å². The van der Waals surface area contributed by atoms with E-state index in [1.165, 1.54) is 19.3 Å². The van der Waals surface area contributed by atoms with Gasteiger partial charge in [-0.3, -0.25) is 0 Å². The molecule has 0 rings (SSSR count). The fraction of sp³-hybridized carbons (Fsp3) is 1.00. The van der Waals surface area contributed by atoms with Gasteiger partial charge in [0.1, 0.15) is 0 Å². The third kappa shape index (κ3) is 8.48. The molecule has 1 unspecified atom stereocenters. The quantitative estimate of drug-likeness (QED) is 0.598. The van der Waals surface area contributed by atoms with E-state index in [0.29, 0.717) is 4.83 Å². The largest absolute Gasteiger partial charge is 0.0894 e. The molecule has 0 aromatic rings. The van der Waals surface area contributed by atoms with E-state index in [0.717, 1.165) is 5.92 Å². The predicted molar refractivity (Wildman–Crippen MR) is 47.1 cm³/mol. The van der Waals surface area contributed by atoms with Crippen LogP contribution in [0.5, 0.6) is 0 Å². The molecule has 1 atom stereocenters. The Morgan fingerprint density at radius 2 is 1.67 bits per heavy atom. The van der Waals surface area contributed by atoms with E-state index >= 15 is 0 Å². The molecule has 9 heavy (non-hydrogen) atoms. The van der Waals surface area contributed by atoms with Gasteiger partial charge in [-0.1, -0.05) is 49.5 Å².